The van der Waals surface area contributed by atoms with E-state index in [-0.39, 0.29) is 0 Å². The SMILES string of the molecule is CC.CC.CCNc1cccc(Nc2nccn3c(-c4cncn4C)cnc23)c1. The lowest BCUT2D eigenvalue weighted by Crippen LogP contribution is -2.01. The number of imidazole rings is 2. The van der Waals surface area contributed by atoms with Crippen molar-refractivity contribution in [1.82, 2.24) is 23.9 Å². The largest absolute Gasteiger partial charge is 0.385 e. The Morgan fingerprint density at radius 2 is 1.72 bits per heavy atom. The van der Waals surface area contributed by atoms with Gasteiger partial charge in [0.05, 0.1) is 30.1 Å². The lowest BCUT2D eigenvalue weighted by Gasteiger charge is -2.10. The molecule has 0 unspecified atom stereocenters. The summed E-state index contributed by atoms with van der Waals surface area (Å²) < 4.78 is 3.98. The molecule has 0 aliphatic heterocycles. The standard InChI is InChI=1S/C18H19N7.2C2H6/c1-3-20-13-5-4-6-14(9-13)23-17-18-22-11-16(25(18)8-7-21-17)15-10-19-12-24(15)2;2*1-2/h4-12,20H,3H2,1-2H3,(H,21,23);2*1-2H3. The average molecular weight is 394 g/mol. The van der Waals surface area contributed by atoms with Gasteiger partial charge >= 0.3 is 0 Å². The van der Waals surface area contributed by atoms with E-state index in [1.165, 1.54) is 0 Å². The van der Waals surface area contributed by atoms with Crippen molar-refractivity contribution in [1.29, 1.82) is 0 Å². The van der Waals surface area contributed by atoms with Gasteiger partial charge in [-0.15, -0.1) is 0 Å². The molecule has 3 aromatic heterocycles. The molecule has 0 saturated carbocycles. The van der Waals surface area contributed by atoms with Crippen molar-refractivity contribution in [2.45, 2.75) is 34.6 Å². The summed E-state index contributed by atoms with van der Waals surface area (Å²) in [5.74, 6) is 0.713. The predicted octanol–water partition coefficient (Wildman–Crippen LogP) is 5.36. The second-order valence-electron chi connectivity index (χ2n) is 5.74. The second kappa shape index (κ2) is 10.8. The highest BCUT2D eigenvalue weighted by molar-refractivity contribution is 5.74. The fourth-order valence-corrected chi connectivity index (χ4v) is 2.85. The van der Waals surface area contributed by atoms with Crippen LogP contribution in [0.4, 0.5) is 17.2 Å². The maximum atomic E-state index is 4.55. The van der Waals surface area contributed by atoms with E-state index in [0.717, 1.165) is 35.0 Å². The molecule has 0 aliphatic carbocycles. The van der Waals surface area contributed by atoms with Crippen molar-refractivity contribution in [3.63, 3.8) is 0 Å². The van der Waals surface area contributed by atoms with E-state index in [0.29, 0.717) is 5.82 Å². The Morgan fingerprint density at radius 1 is 0.966 bits per heavy atom. The van der Waals surface area contributed by atoms with Crippen molar-refractivity contribution in [3.8, 4) is 11.4 Å². The topological polar surface area (TPSA) is 72.1 Å². The zero-order chi connectivity index (χ0) is 21.2. The number of hydrogen-bond acceptors (Lipinski definition) is 5. The molecule has 7 heteroatoms. The smallest absolute Gasteiger partial charge is 0.180 e. The molecule has 0 saturated heterocycles. The highest BCUT2D eigenvalue weighted by Gasteiger charge is 2.12. The third kappa shape index (κ3) is 4.93. The van der Waals surface area contributed by atoms with Crippen LogP contribution in [0, 0.1) is 0 Å². The molecule has 154 valence electrons. The van der Waals surface area contributed by atoms with Crippen molar-refractivity contribution in [3.05, 3.63) is 55.4 Å². The van der Waals surface area contributed by atoms with Gasteiger partial charge in [0.2, 0.25) is 0 Å². The van der Waals surface area contributed by atoms with Gasteiger partial charge in [-0.3, -0.25) is 4.40 Å². The van der Waals surface area contributed by atoms with Crippen LogP contribution in [-0.4, -0.2) is 30.5 Å². The fraction of sp³-hybridized carbons (Fsp3) is 0.318. The van der Waals surface area contributed by atoms with E-state index >= 15 is 0 Å². The summed E-state index contributed by atoms with van der Waals surface area (Å²) in [6.07, 6.45) is 9.13. The Balaban J connectivity index is 0.000000707. The molecular formula is C22H31N7. The number of nitrogens with one attached hydrogen (secondary N) is 2. The average Bonchev–Trinajstić information content (AvgIpc) is 3.38. The van der Waals surface area contributed by atoms with Crippen LogP contribution in [0.5, 0.6) is 0 Å². The molecule has 7 nitrogen and oxygen atoms in total. The van der Waals surface area contributed by atoms with Gasteiger partial charge in [-0.1, -0.05) is 33.8 Å². The van der Waals surface area contributed by atoms with E-state index in [2.05, 4.69) is 38.6 Å². The molecule has 0 amide bonds. The summed E-state index contributed by atoms with van der Waals surface area (Å²) in [6, 6.07) is 8.11. The minimum atomic E-state index is 0.713. The minimum absolute atomic E-state index is 0.713. The molecule has 29 heavy (non-hydrogen) atoms. The number of nitrogens with zero attached hydrogens (tertiary/aromatic N) is 5. The minimum Gasteiger partial charge on any atom is -0.385 e. The lowest BCUT2D eigenvalue weighted by atomic mass is 10.2. The zero-order valence-corrected chi connectivity index (χ0v) is 18.1. The Hall–Kier alpha value is -3.35. The Labute approximate surface area is 172 Å². The van der Waals surface area contributed by atoms with Crippen LogP contribution >= 0.6 is 0 Å². The van der Waals surface area contributed by atoms with Gasteiger partial charge in [-0.05, 0) is 25.1 Å². The molecule has 0 atom stereocenters. The molecule has 0 spiro atoms. The molecule has 0 aliphatic rings. The van der Waals surface area contributed by atoms with Gasteiger partial charge in [0.1, 0.15) is 0 Å². The van der Waals surface area contributed by atoms with Gasteiger partial charge in [0.15, 0.2) is 11.5 Å². The van der Waals surface area contributed by atoms with Gasteiger partial charge in [-0.2, -0.15) is 0 Å². The van der Waals surface area contributed by atoms with E-state index in [4.69, 9.17) is 0 Å². The Kier molecular flexibility index (Phi) is 8.21. The van der Waals surface area contributed by atoms with Gasteiger partial charge in [0, 0.05) is 37.4 Å². The number of anilines is 3. The highest BCUT2D eigenvalue weighted by Crippen LogP contribution is 2.25. The van der Waals surface area contributed by atoms with Crippen molar-refractivity contribution >= 4 is 22.8 Å². The van der Waals surface area contributed by atoms with Crippen molar-refractivity contribution in [2.75, 3.05) is 17.2 Å². The molecule has 1 aromatic carbocycles. The first-order valence-corrected chi connectivity index (χ1v) is 10.2. The molecule has 0 bridgehead atoms. The van der Waals surface area contributed by atoms with Crippen molar-refractivity contribution < 1.29 is 0 Å². The number of aromatic nitrogens is 5. The summed E-state index contributed by atoms with van der Waals surface area (Å²) >= 11 is 0. The fourth-order valence-electron chi connectivity index (χ4n) is 2.85. The van der Waals surface area contributed by atoms with E-state index in [1.54, 1.807) is 12.5 Å². The number of benzene rings is 1. The molecule has 4 aromatic rings. The number of hydrogen-bond donors (Lipinski definition) is 2. The third-order valence-corrected chi connectivity index (χ3v) is 4.01. The van der Waals surface area contributed by atoms with Crippen LogP contribution in [0.3, 0.4) is 0 Å². The predicted molar refractivity (Wildman–Crippen MR) is 122 cm³/mol. The zero-order valence-electron chi connectivity index (χ0n) is 18.1. The first-order chi connectivity index (χ1) is 14.3. The summed E-state index contributed by atoms with van der Waals surface area (Å²) in [6.45, 7) is 11.0. The van der Waals surface area contributed by atoms with Crippen LogP contribution in [0.1, 0.15) is 34.6 Å². The normalized spacial score (nSPS) is 9.86. The van der Waals surface area contributed by atoms with Crippen LogP contribution in [0.15, 0.2) is 55.4 Å². The number of rotatable bonds is 5. The van der Waals surface area contributed by atoms with E-state index in [9.17, 15) is 0 Å². The molecule has 0 fully saturated rings. The molecule has 4 rings (SSSR count). The van der Waals surface area contributed by atoms with Crippen LogP contribution in [0.25, 0.3) is 17.0 Å². The van der Waals surface area contributed by atoms with Gasteiger partial charge in [0.25, 0.3) is 0 Å². The molecular weight excluding hydrogens is 362 g/mol. The first-order valence-electron chi connectivity index (χ1n) is 10.2. The van der Waals surface area contributed by atoms with E-state index < -0.39 is 0 Å². The molecule has 2 N–H and O–H groups in total. The maximum absolute atomic E-state index is 4.55. The third-order valence-electron chi connectivity index (χ3n) is 4.01. The number of fused-ring (bicyclic) bond motifs is 1. The van der Waals surface area contributed by atoms with Crippen LogP contribution in [0.2, 0.25) is 0 Å². The Bertz CT molecular complexity index is 1020. The van der Waals surface area contributed by atoms with Crippen LogP contribution < -0.4 is 10.6 Å². The summed E-state index contributed by atoms with van der Waals surface area (Å²) in [7, 11) is 1.97. The quantitative estimate of drug-likeness (QED) is 0.478. The number of aryl methyl sites for hydroxylation is 1. The summed E-state index contributed by atoms with van der Waals surface area (Å²) in [5.41, 5.74) is 4.77. The summed E-state index contributed by atoms with van der Waals surface area (Å²) in [4.78, 5) is 13.2. The molecule has 3 heterocycles. The van der Waals surface area contributed by atoms with Crippen LogP contribution in [-0.2, 0) is 7.05 Å². The second-order valence-corrected chi connectivity index (χ2v) is 5.74. The lowest BCUT2D eigenvalue weighted by molar-refractivity contribution is 0.913. The monoisotopic (exact) mass is 393 g/mol. The highest BCUT2D eigenvalue weighted by atomic mass is 15.1. The first kappa shape index (κ1) is 21.9. The maximum Gasteiger partial charge on any atom is 0.180 e. The van der Waals surface area contributed by atoms with E-state index in [1.807, 2.05) is 80.5 Å². The Morgan fingerprint density at radius 3 is 2.41 bits per heavy atom. The summed E-state index contributed by atoms with van der Waals surface area (Å²) in [5, 5.41) is 6.67. The van der Waals surface area contributed by atoms with Gasteiger partial charge in [-0.25, -0.2) is 15.0 Å². The van der Waals surface area contributed by atoms with Gasteiger partial charge < -0.3 is 15.2 Å². The molecule has 0 radical (unpaired) electrons. The van der Waals surface area contributed by atoms with Crippen molar-refractivity contribution in [2.24, 2.45) is 7.05 Å².